The molecule has 1 atom stereocenters. The lowest BCUT2D eigenvalue weighted by atomic mass is 10.1. The Morgan fingerprint density at radius 1 is 1.11 bits per heavy atom. The molecule has 3 N–H and O–H groups in total. The van der Waals surface area contributed by atoms with Crippen LogP contribution in [0, 0.1) is 0 Å². The number of nitrogens with zero attached hydrogens (tertiary/aromatic N) is 1. The summed E-state index contributed by atoms with van der Waals surface area (Å²) < 4.78 is 5.07. The van der Waals surface area contributed by atoms with Crippen LogP contribution in [-0.4, -0.2) is 35.2 Å². The van der Waals surface area contributed by atoms with Crippen LogP contribution in [0.15, 0.2) is 53.3 Å². The SMILES string of the molecule is COc1ccc(NC(=O)C(C)NC(=O)Cc2n[nH]c(=O)c3ccccc23)cc1. The summed E-state index contributed by atoms with van der Waals surface area (Å²) in [5, 5.41) is 12.8. The highest BCUT2D eigenvalue weighted by atomic mass is 16.5. The monoisotopic (exact) mass is 380 g/mol. The minimum atomic E-state index is -0.747. The van der Waals surface area contributed by atoms with Crippen LogP contribution in [-0.2, 0) is 16.0 Å². The molecule has 3 aromatic rings. The molecule has 3 rings (SSSR count). The van der Waals surface area contributed by atoms with E-state index in [2.05, 4.69) is 20.8 Å². The molecule has 2 aromatic carbocycles. The lowest BCUT2D eigenvalue weighted by Crippen LogP contribution is -2.42. The predicted molar refractivity (Wildman–Crippen MR) is 105 cm³/mol. The highest BCUT2D eigenvalue weighted by Crippen LogP contribution is 2.15. The molecule has 0 radical (unpaired) electrons. The second kappa shape index (κ2) is 8.34. The van der Waals surface area contributed by atoms with Crippen LogP contribution in [0.3, 0.4) is 0 Å². The van der Waals surface area contributed by atoms with E-state index < -0.39 is 6.04 Å². The highest BCUT2D eigenvalue weighted by molar-refractivity contribution is 5.97. The van der Waals surface area contributed by atoms with Crippen molar-refractivity contribution in [3.05, 3.63) is 64.6 Å². The Morgan fingerprint density at radius 2 is 1.79 bits per heavy atom. The number of aromatic nitrogens is 2. The summed E-state index contributed by atoms with van der Waals surface area (Å²) in [7, 11) is 1.56. The van der Waals surface area contributed by atoms with E-state index in [1.807, 2.05) is 0 Å². The van der Waals surface area contributed by atoms with Crippen LogP contribution in [0.1, 0.15) is 12.6 Å². The maximum Gasteiger partial charge on any atom is 0.272 e. The van der Waals surface area contributed by atoms with E-state index in [-0.39, 0.29) is 23.8 Å². The summed E-state index contributed by atoms with van der Waals surface area (Å²) in [5.74, 6) is -0.0418. The topological polar surface area (TPSA) is 113 Å². The summed E-state index contributed by atoms with van der Waals surface area (Å²) in [6, 6.07) is 13.1. The molecule has 8 nitrogen and oxygen atoms in total. The molecule has 2 amide bonds. The first kappa shape index (κ1) is 19.1. The molecule has 8 heteroatoms. The smallest absolute Gasteiger partial charge is 0.272 e. The van der Waals surface area contributed by atoms with Crippen molar-refractivity contribution in [3.63, 3.8) is 0 Å². The number of fused-ring (bicyclic) bond motifs is 1. The van der Waals surface area contributed by atoms with Gasteiger partial charge in [0.2, 0.25) is 11.8 Å². The van der Waals surface area contributed by atoms with Gasteiger partial charge in [0.05, 0.1) is 24.6 Å². The van der Waals surface area contributed by atoms with E-state index in [0.29, 0.717) is 27.9 Å². The number of nitrogens with one attached hydrogen (secondary N) is 3. The number of carbonyl (C=O) groups is 2. The first-order valence-corrected chi connectivity index (χ1v) is 8.68. The van der Waals surface area contributed by atoms with Crippen LogP contribution in [0.4, 0.5) is 5.69 Å². The lowest BCUT2D eigenvalue weighted by molar-refractivity contribution is -0.125. The average molecular weight is 380 g/mol. The van der Waals surface area contributed by atoms with Crippen molar-refractivity contribution in [2.45, 2.75) is 19.4 Å². The van der Waals surface area contributed by atoms with Crippen molar-refractivity contribution in [1.82, 2.24) is 15.5 Å². The summed E-state index contributed by atoms with van der Waals surface area (Å²) in [4.78, 5) is 36.5. The average Bonchev–Trinajstić information content (AvgIpc) is 2.71. The first-order valence-electron chi connectivity index (χ1n) is 8.68. The lowest BCUT2D eigenvalue weighted by Gasteiger charge is -2.14. The van der Waals surface area contributed by atoms with Crippen LogP contribution in [0.2, 0.25) is 0 Å². The van der Waals surface area contributed by atoms with Crippen LogP contribution in [0.5, 0.6) is 5.75 Å². The Bertz CT molecular complexity index is 1060. The van der Waals surface area contributed by atoms with Crippen molar-refractivity contribution < 1.29 is 14.3 Å². The van der Waals surface area contributed by atoms with Crippen molar-refractivity contribution >= 4 is 28.3 Å². The number of rotatable bonds is 6. The number of hydrogen-bond donors (Lipinski definition) is 3. The molecule has 1 aromatic heterocycles. The van der Waals surface area contributed by atoms with Crippen molar-refractivity contribution in [1.29, 1.82) is 0 Å². The van der Waals surface area contributed by atoms with Gasteiger partial charge in [0, 0.05) is 11.1 Å². The number of amides is 2. The second-order valence-corrected chi connectivity index (χ2v) is 6.23. The van der Waals surface area contributed by atoms with Gasteiger partial charge in [-0.2, -0.15) is 5.10 Å². The number of carbonyl (C=O) groups excluding carboxylic acids is 2. The van der Waals surface area contributed by atoms with Gasteiger partial charge in [-0.1, -0.05) is 18.2 Å². The van der Waals surface area contributed by atoms with Gasteiger partial charge in [0.15, 0.2) is 0 Å². The molecular formula is C20H20N4O4. The third-order valence-corrected chi connectivity index (χ3v) is 4.23. The maximum atomic E-state index is 12.4. The zero-order valence-corrected chi connectivity index (χ0v) is 15.5. The number of methoxy groups -OCH3 is 1. The number of benzene rings is 2. The Hall–Kier alpha value is -3.68. The molecule has 144 valence electrons. The molecule has 1 heterocycles. The normalized spacial score (nSPS) is 11.6. The molecule has 28 heavy (non-hydrogen) atoms. The van der Waals surface area contributed by atoms with Gasteiger partial charge in [-0.05, 0) is 37.3 Å². The van der Waals surface area contributed by atoms with Crippen molar-refractivity contribution in [3.8, 4) is 5.75 Å². The molecular weight excluding hydrogens is 360 g/mol. The maximum absolute atomic E-state index is 12.4. The Kier molecular flexibility index (Phi) is 5.69. The van der Waals surface area contributed by atoms with Crippen molar-refractivity contribution in [2.24, 2.45) is 0 Å². The fourth-order valence-electron chi connectivity index (χ4n) is 2.74. The van der Waals surface area contributed by atoms with Gasteiger partial charge in [0.1, 0.15) is 11.8 Å². The third kappa shape index (κ3) is 4.35. The summed E-state index contributed by atoms with van der Waals surface area (Å²) in [6.45, 7) is 1.59. The molecule has 0 aliphatic heterocycles. The summed E-state index contributed by atoms with van der Waals surface area (Å²) in [6.07, 6.45) is -0.0581. The molecule has 0 saturated carbocycles. The fourth-order valence-corrected chi connectivity index (χ4v) is 2.74. The standard InChI is InChI=1S/C20H20N4O4/c1-12(19(26)22-13-7-9-14(28-2)10-8-13)21-18(25)11-17-15-5-3-4-6-16(15)20(27)24-23-17/h3-10,12H,11H2,1-2H3,(H,21,25)(H,22,26)(H,24,27). The first-order chi connectivity index (χ1) is 13.5. The molecule has 0 bridgehead atoms. The van der Waals surface area contributed by atoms with Gasteiger partial charge in [0.25, 0.3) is 5.56 Å². The van der Waals surface area contributed by atoms with E-state index in [9.17, 15) is 14.4 Å². The van der Waals surface area contributed by atoms with E-state index in [4.69, 9.17) is 4.74 Å². The number of hydrogen-bond acceptors (Lipinski definition) is 5. The van der Waals surface area contributed by atoms with Gasteiger partial charge in [-0.25, -0.2) is 5.10 Å². The largest absolute Gasteiger partial charge is 0.497 e. The molecule has 0 saturated heterocycles. The second-order valence-electron chi connectivity index (χ2n) is 6.23. The zero-order chi connectivity index (χ0) is 20.1. The number of ether oxygens (including phenoxy) is 1. The van der Waals surface area contributed by atoms with Crippen LogP contribution in [0.25, 0.3) is 10.8 Å². The Labute approximate surface area is 160 Å². The van der Waals surface area contributed by atoms with E-state index in [1.54, 1.807) is 62.6 Å². The minimum Gasteiger partial charge on any atom is -0.497 e. The van der Waals surface area contributed by atoms with Gasteiger partial charge >= 0.3 is 0 Å². The fraction of sp³-hybridized carbons (Fsp3) is 0.200. The number of H-pyrrole nitrogens is 1. The number of aromatic amines is 1. The summed E-state index contributed by atoms with van der Waals surface area (Å²) in [5.41, 5.74) is 0.725. The third-order valence-electron chi connectivity index (χ3n) is 4.23. The quantitative estimate of drug-likeness (QED) is 0.601. The van der Waals surface area contributed by atoms with Gasteiger partial charge in [-0.15, -0.1) is 0 Å². The summed E-state index contributed by atoms with van der Waals surface area (Å²) >= 11 is 0. The van der Waals surface area contributed by atoms with Crippen LogP contribution < -0.4 is 20.9 Å². The van der Waals surface area contributed by atoms with E-state index >= 15 is 0 Å². The Morgan fingerprint density at radius 3 is 2.46 bits per heavy atom. The highest BCUT2D eigenvalue weighted by Gasteiger charge is 2.17. The molecule has 0 aliphatic rings. The molecule has 1 unspecified atom stereocenters. The van der Waals surface area contributed by atoms with Gasteiger partial charge < -0.3 is 15.4 Å². The van der Waals surface area contributed by atoms with E-state index in [0.717, 1.165) is 0 Å². The van der Waals surface area contributed by atoms with Crippen molar-refractivity contribution in [2.75, 3.05) is 12.4 Å². The zero-order valence-electron chi connectivity index (χ0n) is 15.5. The minimum absolute atomic E-state index is 0.0581. The number of anilines is 1. The molecule has 0 fully saturated rings. The Balaban J connectivity index is 1.63. The molecule has 0 spiro atoms. The van der Waals surface area contributed by atoms with Gasteiger partial charge in [-0.3, -0.25) is 14.4 Å². The predicted octanol–water partition coefficient (Wildman–Crippen LogP) is 1.62. The molecule has 0 aliphatic carbocycles. The van der Waals surface area contributed by atoms with E-state index in [1.165, 1.54) is 0 Å². The van der Waals surface area contributed by atoms with Crippen LogP contribution >= 0.6 is 0 Å².